The minimum absolute atomic E-state index is 0.0962. The summed E-state index contributed by atoms with van der Waals surface area (Å²) in [5.41, 5.74) is 1.61. The molecule has 1 N–H and O–H groups in total. The molecular weight excluding hydrogens is 360 g/mol. The van der Waals surface area contributed by atoms with Crippen molar-refractivity contribution in [2.45, 2.75) is 0 Å². The highest BCUT2D eigenvalue weighted by atomic mass is 32.2. The lowest BCUT2D eigenvalue weighted by molar-refractivity contribution is -0.255. The maximum atomic E-state index is 12.2. The van der Waals surface area contributed by atoms with E-state index in [1.165, 1.54) is 23.9 Å². The maximum absolute atomic E-state index is 12.2. The van der Waals surface area contributed by atoms with Gasteiger partial charge in [0.05, 0.1) is 16.6 Å². The van der Waals surface area contributed by atoms with E-state index in [-0.39, 0.29) is 11.5 Å². The van der Waals surface area contributed by atoms with Crippen molar-refractivity contribution in [2.24, 2.45) is 4.99 Å². The van der Waals surface area contributed by atoms with Crippen LogP contribution in [0.1, 0.15) is 15.9 Å². The zero-order valence-corrected chi connectivity index (χ0v) is 14.8. The van der Waals surface area contributed by atoms with Crippen LogP contribution < -0.4 is 10.4 Å². The van der Waals surface area contributed by atoms with E-state index in [2.05, 4.69) is 10.3 Å². The summed E-state index contributed by atoms with van der Waals surface area (Å²) in [6, 6.07) is 19.9. The Morgan fingerprint density at radius 3 is 2.52 bits per heavy atom. The van der Waals surface area contributed by atoms with Gasteiger partial charge in [0.25, 0.3) is 5.91 Å². The lowest BCUT2D eigenvalue weighted by Gasteiger charge is -2.02. The number of aliphatic imine (C=N–C) groups is 1. The van der Waals surface area contributed by atoms with E-state index < -0.39 is 5.97 Å². The van der Waals surface area contributed by atoms with Crippen molar-refractivity contribution in [3.63, 3.8) is 0 Å². The van der Waals surface area contributed by atoms with Crippen LogP contribution in [0.5, 0.6) is 0 Å². The van der Waals surface area contributed by atoms with Crippen molar-refractivity contribution in [1.82, 2.24) is 5.32 Å². The number of amidine groups is 1. The predicted molar refractivity (Wildman–Crippen MR) is 106 cm³/mol. The van der Waals surface area contributed by atoms with Gasteiger partial charge in [0.1, 0.15) is 0 Å². The highest BCUT2D eigenvalue weighted by Gasteiger charge is 2.23. The number of nitrogens with one attached hydrogen (secondary N) is 1. The highest BCUT2D eigenvalue weighted by molar-refractivity contribution is 8.18. The molecule has 27 heavy (non-hydrogen) atoms. The topological polar surface area (TPSA) is 81.6 Å². The Kier molecular flexibility index (Phi) is 4.48. The second kappa shape index (κ2) is 7.09. The molecule has 5 nitrogen and oxygen atoms in total. The van der Waals surface area contributed by atoms with Crippen LogP contribution in [0.3, 0.4) is 0 Å². The van der Waals surface area contributed by atoms with Crippen LogP contribution in [0.15, 0.2) is 76.6 Å². The Morgan fingerprint density at radius 1 is 1.00 bits per heavy atom. The number of hydrogen-bond donors (Lipinski definition) is 1. The molecule has 0 spiro atoms. The third kappa shape index (κ3) is 3.61. The van der Waals surface area contributed by atoms with Gasteiger partial charge in [-0.1, -0.05) is 60.7 Å². The van der Waals surface area contributed by atoms with E-state index in [0.717, 1.165) is 22.0 Å². The first kappa shape index (κ1) is 17.1. The Hall–Kier alpha value is -3.38. The van der Waals surface area contributed by atoms with Gasteiger partial charge in [-0.25, -0.2) is 4.99 Å². The van der Waals surface area contributed by atoms with Gasteiger partial charge in [0.15, 0.2) is 5.17 Å². The largest absolute Gasteiger partial charge is 0.545 e. The molecule has 1 aliphatic heterocycles. The molecule has 0 atom stereocenters. The SMILES string of the molecule is O=C1NC(=Nc2cccc3ccccc23)S/C1=C\c1ccc(C(=O)[O-])cc1. The third-order valence-corrected chi connectivity index (χ3v) is 4.99. The van der Waals surface area contributed by atoms with Crippen molar-refractivity contribution in [3.8, 4) is 0 Å². The van der Waals surface area contributed by atoms with Crippen LogP contribution in [-0.2, 0) is 4.79 Å². The summed E-state index contributed by atoms with van der Waals surface area (Å²) in [5, 5.41) is 16.2. The maximum Gasteiger partial charge on any atom is 0.264 e. The summed E-state index contributed by atoms with van der Waals surface area (Å²) in [7, 11) is 0. The molecule has 132 valence electrons. The van der Waals surface area contributed by atoms with Gasteiger partial charge in [-0.15, -0.1) is 0 Å². The van der Waals surface area contributed by atoms with Gasteiger partial charge in [-0.3, -0.25) is 4.79 Å². The molecule has 1 heterocycles. The summed E-state index contributed by atoms with van der Waals surface area (Å²) < 4.78 is 0. The van der Waals surface area contributed by atoms with Crippen LogP contribution in [0, 0.1) is 0 Å². The number of carboxylic acid groups (broad SMARTS) is 1. The molecule has 6 heteroatoms. The summed E-state index contributed by atoms with van der Waals surface area (Å²) >= 11 is 1.25. The van der Waals surface area contributed by atoms with Gasteiger partial charge < -0.3 is 15.2 Å². The smallest absolute Gasteiger partial charge is 0.264 e. The number of thioether (sulfide) groups is 1. The van der Waals surface area contributed by atoms with Crippen molar-refractivity contribution in [3.05, 3.63) is 82.8 Å². The second-order valence-electron chi connectivity index (χ2n) is 5.89. The average molecular weight is 373 g/mol. The monoisotopic (exact) mass is 373 g/mol. The molecule has 1 fully saturated rings. The normalized spacial score (nSPS) is 16.8. The van der Waals surface area contributed by atoms with Crippen molar-refractivity contribution in [2.75, 3.05) is 0 Å². The van der Waals surface area contributed by atoms with Crippen LogP contribution in [0.4, 0.5) is 5.69 Å². The fourth-order valence-corrected chi connectivity index (χ4v) is 3.60. The first-order chi connectivity index (χ1) is 13.1. The number of carbonyl (C=O) groups is 2. The molecule has 4 rings (SSSR count). The molecule has 3 aromatic carbocycles. The van der Waals surface area contributed by atoms with E-state index in [1.54, 1.807) is 18.2 Å². The predicted octanol–water partition coefficient (Wildman–Crippen LogP) is 3.09. The Balaban J connectivity index is 1.61. The van der Waals surface area contributed by atoms with E-state index in [1.807, 2.05) is 42.5 Å². The minimum Gasteiger partial charge on any atom is -0.545 e. The Morgan fingerprint density at radius 2 is 1.74 bits per heavy atom. The Labute approximate surface area is 159 Å². The molecule has 0 radical (unpaired) electrons. The lowest BCUT2D eigenvalue weighted by Crippen LogP contribution is -2.21. The average Bonchev–Trinajstić information content (AvgIpc) is 3.01. The fraction of sp³-hybridized carbons (Fsp3) is 0. The standard InChI is InChI=1S/C21H14N2O3S/c24-19-18(12-13-8-10-15(11-9-13)20(25)26)27-21(23-19)22-17-7-3-5-14-4-1-2-6-16(14)17/h1-12H,(H,25,26)(H,22,23,24)/p-1/b18-12-. The second-order valence-corrected chi connectivity index (χ2v) is 6.92. The molecule has 0 saturated carbocycles. The summed E-state index contributed by atoms with van der Waals surface area (Å²) in [5.74, 6) is -1.46. The van der Waals surface area contributed by atoms with E-state index >= 15 is 0 Å². The molecule has 0 bridgehead atoms. The number of carboxylic acids is 1. The highest BCUT2D eigenvalue weighted by Crippen LogP contribution is 2.31. The quantitative estimate of drug-likeness (QED) is 0.716. The number of rotatable bonds is 3. The fourth-order valence-electron chi connectivity index (χ4n) is 2.76. The number of nitrogens with zero attached hydrogens (tertiary/aromatic N) is 1. The molecule has 0 aromatic heterocycles. The van der Waals surface area contributed by atoms with Crippen LogP contribution >= 0.6 is 11.8 Å². The van der Waals surface area contributed by atoms with Crippen LogP contribution in [-0.4, -0.2) is 17.0 Å². The zero-order valence-electron chi connectivity index (χ0n) is 14.0. The van der Waals surface area contributed by atoms with Gasteiger partial charge in [0, 0.05) is 5.39 Å². The van der Waals surface area contributed by atoms with Gasteiger partial charge in [0.2, 0.25) is 0 Å². The number of hydrogen-bond acceptors (Lipinski definition) is 5. The number of benzene rings is 3. The first-order valence-corrected chi connectivity index (χ1v) is 9.00. The van der Waals surface area contributed by atoms with Crippen molar-refractivity contribution < 1.29 is 14.7 Å². The summed E-state index contributed by atoms with van der Waals surface area (Å²) in [6.07, 6.45) is 1.70. The van der Waals surface area contributed by atoms with Gasteiger partial charge in [-0.2, -0.15) is 0 Å². The van der Waals surface area contributed by atoms with Gasteiger partial charge in [-0.05, 0) is 40.4 Å². The number of amides is 1. The van der Waals surface area contributed by atoms with E-state index in [4.69, 9.17) is 0 Å². The summed E-state index contributed by atoms with van der Waals surface area (Å²) in [4.78, 5) is 28.1. The molecule has 0 unspecified atom stereocenters. The molecule has 1 amide bonds. The summed E-state index contributed by atoms with van der Waals surface area (Å²) in [6.45, 7) is 0. The lowest BCUT2D eigenvalue weighted by atomic mass is 10.1. The number of carbonyl (C=O) groups excluding carboxylic acids is 2. The molecule has 3 aromatic rings. The van der Waals surface area contributed by atoms with Crippen molar-refractivity contribution in [1.29, 1.82) is 0 Å². The number of fused-ring (bicyclic) bond motifs is 1. The molecule has 1 saturated heterocycles. The number of aromatic carboxylic acids is 1. The van der Waals surface area contributed by atoms with Crippen LogP contribution in [0.25, 0.3) is 16.8 Å². The first-order valence-electron chi connectivity index (χ1n) is 8.19. The van der Waals surface area contributed by atoms with E-state index in [0.29, 0.717) is 10.1 Å². The molecule has 1 aliphatic rings. The van der Waals surface area contributed by atoms with Gasteiger partial charge >= 0.3 is 0 Å². The Bertz CT molecular complexity index is 1110. The van der Waals surface area contributed by atoms with E-state index in [9.17, 15) is 14.7 Å². The minimum atomic E-state index is -1.23. The zero-order chi connectivity index (χ0) is 18.8. The van der Waals surface area contributed by atoms with Crippen molar-refractivity contribution >= 4 is 51.3 Å². The molecule has 0 aliphatic carbocycles. The molecular formula is C21H13N2O3S-. The van der Waals surface area contributed by atoms with Crippen LogP contribution in [0.2, 0.25) is 0 Å². The third-order valence-electron chi connectivity index (χ3n) is 4.08.